The Hall–Kier alpha value is -0.740. The lowest BCUT2D eigenvalue weighted by Gasteiger charge is -1.95. The summed E-state index contributed by atoms with van der Waals surface area (Å²) >= 11 is 1.49. The standard InChI is InChI=1S/C10H15NO2S/c1-4-5-9-11-8(6-13-3)10(14-9)7(2)12/h4-6H2,1-3H3. The molecule has 0 N–H and O–H groups in total. The average Bonchev–Trinajstić information content (AvgIpc) is 2.49. The first kappa shape index (κ1) is 11.3. The number of ketones is 1. The third kappa shape index (κ3) is 2.62. The lowest BCUT2D eigenvalue weighted by Crippen LogP contribution is -1.97. The number of carbonyl (C=O) groups excluding carboxylic acids is 1. The van der Waals surface area contributed by atoms with Gasteiger partial charge in [-0.25, -0.2) is 4.98 Å². The molecule has 1 heterocycles. The van der Waals surface area contributed by atoms with E-state index in [2.05, 4.69) is 11.9 Å². The van der Waals surface area contributed by atoms with Crippen molar-refractivity contribution in [3.63, 3.8) is 0 Å². The molecule has 0 atom stereocenters. The minimum absolute atomic E-state index is 0.0805. The number of methoxy groups -OCH3 is 1. The normalized spacial score (nSPS) is 10.5. The molecule has 0 fully saturated rings. The predicted octanol–water partition coefficient (Wildman–Crippen LogP) is 2.44. The first-order valence-corrected chi connectivity index (χ1v) is 5.49. The van der Waals surface area contributed by atoms with Crippen molar-refractivity contribution in [3.05, 3.63) is 15.6 Å². The number of ether oxygens (including phenoxy) is 1. The van der Waals surface area contributed by atoms with Crippen LogP contribution in [0.2, 0.25) is 0 Å². The molecule has 0 amide bonds. The number of aromatic nitrogens is 1. The van der Waals surface area contributed by atoms with E-state index in [9.17, 15) is 4.79 Å². The molecule has 14 heavy (non-hydrogen) atoms. The summed E-state index contributed by atoms with van der Waals surface area (Å²) < 4.78 is 5.00. The number of carbonyl (C=O) groups is 1. The molecule has 4 heteroatoms. The molecule has 0 aromatic carbocycles. The SMILES string of the molecule is CCCc1nc(COC)c(C(C)=O)s1. The van der Waals surface area contributed by atoms with Gasteiger partial charge >= 0.3 is 0 Å². The van der Waals surface area contributed by atoms with E-state index < -0.39 is 0 Å². The molecule has 3 nitrogen and oxygen atoms in total. The Kier molecular flexibility index (Phi) is 4.22. The Labute approximate surface area is 88.1 Å². The number of Topliss-reactive ketones (excluding diaryl/α,β-unsaturated/α-hetero) is 1. The maximum Gasteiger partial charge on any atom is 0.171 e. The quantitative estimate of drug-likeness (QED) is 0.705. The second-order valence-corrected chi connectivity index (χ2v) is 4.21. The zero-order chi connectivity index (χ0) is 10.6. The van der Waals surface area contributed by atoms with Crippen LogP contribution >= 0.6 is 11.3 Å². The number of rotatable bonds is 5. The average molecular weight is 213 g/mol. The van der Waals surface area contributed by atoms with Crippen LogP contribution in [0.15, 0.2) is 0 Å². The van der Waals surface area contributed by atoms with Gasteiger partial charge in [0.2, 0.25) is 0 Å². The maximum absolute atomic E-state index is 11.3. The van der Waals surface area contributed by atoms with Gasteiger partial charge in [0.15, 0.2) is 5.78 Å². The molecule has 1 rings (SSSR count). The lowest BCUT2D eigenvalue weighted by atomic mass is 10.3. The van der Waals surface area contributed by atoms with Gasteiger partial charge in [-0.15, -0.1) is 11.3 Å². The van der Waals surface area contributed by atoms with Crippen LogP contribution in [-0.4, -0.2) is 17.9 Å². The van der Waals surface area contributed by atoms with Crippen molar-refractivity contribution in [1.82, 2.24) is 4.98 Å². The Balaban J connectivity index is 2.93. The van der Waals surface area contributed by atoms with E-state index in [1.54, 1.807) is 14.0 Å². The number of nitrogens with zero attached hydrogens (tertiary/aromatic N) is 1. The van der Waals surface area contributed by atoms with E-state index in [0.717, 1.165) is 28.4 Å². The molecule has 0 saturated carbocycles. The van der Waals surface area contributed by atoms with Crippen molar-refractivity contribution >= 4 is 17.1 Å². The minimum Gasteiger partial charge on any atom is -0.378 e. The minimum atomic E-state index is 0.0805. The van der Waals surface area contributed by atoms with Crippen molar-refractivity contribution in [2.75, 3.05) is 7.11 Å². The van der Waals surface area contributed by atoms with Gasteiger partial charge in [0.1, 0.15) is 0 Å². The van der Waals surface area contributed by atoms with Crippen molar-refractivity contribution in [1.29, 1.82) is 0 Å². The molecule has 0 unspecified atom stereocenters. The fourth-order valence-corrected chi connectivity index (χ4v) is 2.29. The van der Waals surface area contributed by atoms with Gasteiger partial charge in [-0.2, -0.15) is 0 Å². The molecular weight excluding hydrogens is 198 g/mol. The van der Waals surface area contributed by atoms with Gasteiger partial charge in [-0.1, -0.05) is 6.92 Å². The fourth-order valence-electron chi connectivity index (χ4n) is 1.23. The van der Waals surface area contributed by atoms with Gasteiger partial charge in [-0.3, -0.25) is 4.79 Å². The molecule has 0 saturated heterocycles. The highest BCUT2D eigenvalue weighted by molar-refractivity contribution is 7.13. The molecule has 0 aliphatic rings. The van der Waals surface area contributed by atoms with Gasteiger partial charge < -0.3 is 4.74 Å². The van der Waals surface area contributed by atoms with E-state index in [1.165, 1.54) is 11.3 Å². The van der Waals surface area contributed by atoms with Gasteiger partial charge in [0, 0.05) is 14.0 Å². The van der Waals surface area contributed by atoms with E-state index >= 15 is 0 Å². The zero-order valence-electron chi connectivity index (χ0n) is 8.79. The molecule has 0 radical (unpaired) electrons. The third-order valence-electron chi connectivity index (χ3n) is 1.81. The predicted molar refractivity (Wildman–Crippen MR) is 56.8 cm³/mol. The highest BCUT2D eigenvalue weighted by Gasteiger charge is 2.13. The summed E-state index contributed by atoms with van der Waals surface area (Å²) in [5, 5.41) is 1.03. The van der Waals surface area contributed by atoms with E-state index in [4.69, 9.17) is 4.74 Å². The Morgan fingerprint density at radius 1 is 1.57 bits per heavy atom. The smallest absolute Gasteiger partial charge is 0.171 e. The molecular formula is C10H15NO2S. The number of aryl methyl sites for hydroxylation is 1. The van der Waals surface area contributed by atoms with Crippen LogP contribution in [0.5, 0.6) is 0 Å². The molecule has 0 aliphatic heterocycles. The largest absolute Gasteiger partial charge is 0.378 e. The first-order valence-electron chi connectivity index (χ1n) is 4.67. The summed E-state index contributed by atoms with van der Waals surface area (Å²) in [6.07, 6.45) is 1.99. The highest BCUT2D eigenvalue weighted by Crippen LogP contribution is 2.21. The summed E-state index contributed by atoms with van der Waals surface area (Å²) in [5.74, 6) is 0.0805. The van der Waals surface area contributed by atoms with Crippen LogP contribution in [0.3, 0.4) is 0 Å². The van der Waals surface area contributed by atoms with Gasteiger partial charge in [0.05, 0.1) is 22.2 Å². The molecule has 0 bridgehead atoms. The summed E-state index contributed by atoms with van der Waals surface area (Å²) in [4.78, 5) is 16.4. The molecule has 0 spiro atoms. The van der Waals surface area contributed by atoms with Crippen molar-refractivity contribution in [3.8, 4) is 0 Å². The van der Waals surface area contributed by atoms with Crippen LogP contribution in [0.4, 0.5) is 0 Å². The lowest BCUT2D eigenvalue weighted by molar-refractivity contribution is 0.101. The second-order valence-electron chi connectivity index (χ2n) is 3.12. The maximum atomic E-state index is 11.3. The zero-order valence-corrected chi connectivity index (χ0v) is 9.61. The number of hydrogen-bond donors (Lipinski definition) is 0. The summed E-state index contributed by atoms with van der Waals surface area (Å²) in [6, 6.07) is 0. The van der Waals surface area contributed by atoms with Gasteiger partial charge in [-0.05, 0) is 12.8 Å². The molecule has 1 aromatic rings. The molecule has 1 aromatic heterocycles. The first-order chi connectivity index (χ1) is 6.69. The second kappa shape index (κ2) is 5.22. The van der Waals surface area contributed by atoms with E-state index in [1.807, 2.05) is 0 Å². The van der Waals surface area contributed by atoms with Crippen LogP contribution in [0, 0.1) is 0 Å². The van der Waals surface area contributed by atoms with Crippen molar-refractivity contribution in [2.45, 2.75) is 33.3 Å². The summed E-state index contributed by atoms with van der Waals surface area (Å²) in [7, 11) is 1.61. The highest BCUT2D eigenvalue weighted by atomic mass is 32.1. The third-order valence-corrected chi connectivity index (χ3v) is 3.06. The van der Waals surface area contributed by atoms with Crippen molar-refractivity contribution < 1.29 is 9.53 Å². The molecule has 0 aliphatic carbocycles. The van der Waals surface area contributed by atoms with Crippen LogP contribution in [0.1, 0.15) is 40.6 Å². The topological polar surface area (TPSA) is 39.2 Å². The van der Waals surface area contributed by atoms with Crippen LogP contribution in [-0.2, 0) is 17.8 Å². The van der Waals surface area contributed by atoms with Crippen LogP contribution in [0.25, 0.3) is 0 Å². The monoisotopic (exact) mass is 213 g/mol. The Bertz CT molecular complexity index is 320. The fraction of sp³-hybridized carbons (Fsp3) is 0.600. The van der Waals surface area contributed by atoms with Gasteiger partial charge in [0.25, 0.3) is 0 Å². The Morgan fingerprint density at radius 3 is 2.79 bits per heavy atom. The summed E-state index contributed by atoms with van der Waals surface area (Å²) in [6.45, 7) is 4.10. The summed E-state index contributed by atoms with van der Waals surface area (Å²) in [5.41, 5.74) is 0.786. The number of hydrogen-bond acceptors (Lipinski definition) is 4. The van der Waals surface area contributed by atoms with Crippen LogP contribution < -0.4 is 0 Å². The Morgan fingerprint density at radius 2 is 2.29 bits per heavy atom. The van der Waals surface area contributed by atoms with E-state index in [0.29, 0.717) is 6.61 Å². The number of thiazole rings is 1. The van der Waals surface area contributed by atoms with Crippen molar-refractivity contribution in [2.24, 2.45) is 0 Å². The molecule has 78 valence electrons. The van der Waals surface area contributed by atoms with E-state index in [-0.39, 0.29) is 5.78 Å².